The molecule has 1 fully saturated rings. The van der Waals surface area contributed by atoms with Gasteiger partial charge in [0.1, 0.15) is 6.10 Å². The highest BCUT2D eigenvalue weighted by atomic mass is 16.5. The highest BCUT2D eigenvalue weighted by molar-refractivity contribution is 5.75. The van der Waals surface area contributed by atoms with Gasteiger partial charge in [-0.25, -0.2) is 4.79 Å². The first-order chi connectivity index (χ1) is 14.1. The molecule has 156 valence electrons. The minimum atomic E-state index is -0.497. The van der Waals surface area contributed by atoms with Crippen LogP contribution < -0.4 is 14.8 Å². The lowest BCUT2D eigenvalue weighted by atomic mass is 9.69. The van der Waals surface area contributed by atoms with E-state index in [1.165, 1.54) is 19.3 Å². The second-order valence-corrected chi connectivity index (χ2v) is 8.90. The van der Waals surface area contributed by atoms with Gasteiger partial charge in [-0.1, -0.05) is 37.5 Å². The second kappa shape index (κ2) is 7.24. The number of aliphatic hydroxyl groups is 1. The molecule has 6 heteroatoms. The van der Waals surface area contributed by atoms with Crippen molar-refractivity contribution in [3.05, 3.63) is 35.4 Å². The summed E-state index contributed by atoms with van der Waals surface area (Å²) in [6.45, 7) is 1.23. The van der Waals surface area contributed by atoms with Crippen molar-refractivity contribution in [2.75, 3.05) is 13.7 Å². The molecule has 0 aromatic heterocycles. The van der Waals surface area contributed by atoms with Crippen LogP contribution in [0.5, 0.6) is 11.5 Å². The van der Waals surface area contributed by atoms with E-state index in [1.807, 2.05) is 17.0 Å². The molecule has 1 saturated carbocycles. The molecule has 4 aliphatic rings. The van der Waals surface area contributed by atoms with E-state index in [-0.39, 0.29) is 17.6 Å². The van der Waals surface area contributed by atoms with Gasteiger partial charge in [-0.15, -0.1) is 0 Å². The van der Waals surface area contributed by atoms with Crippen LogP contribution in [0.4, 0.5) is 4.79 Å². The summed E-state index contributed by atoms with van der Waals surface area (Å²) in [5, 5.41) is 13.4. The van der Waals surface area contributed by atoms with E-state index >= 15 is 0 Å². The maximum absolute atomic E-state index is 13.1. The predicted octanol–water partition coefficient (Wildman–Crippen LogP) is 3.26. The van der Waals surface area contributed by atoms with E-state index in [2.05, 4.69) is 17.5 Å². The zero-order valence-corrected chi connectivity index (χ0v) is 17.0. The van der Waals surface area contributed by atoms with Crippen LogP contribution in [0.3, 0.4) is 0 Å². The fourth-order valence-corrected chi connectivity index (χ4v) is 5.62. The highest BCUT2D eigenvalue weighted by Crippen LogP contribution is 2.55. The number of hydrogen-bond donors (Lipinski definition) is 2. The van der Waals surface area contributed by atoms with Crippen LogP contribution in [-0.2, 0) is 12.0 Å². The Morgan fingerprint density at radius 2 is 2.14 bits per heavy atom. The lowest BCUT2D eigenvalue weighted by Gasteiger charge is -2.36. The monoisotopic (exact) mass is 398 g/mol. The van der Waals surface area contributed by atoms with Gasteiger partial charge in [0.2, 0.25) is 0 Å². The second-order valence-electron chi connectivity index (χ2n) is 8.90. The maximum Gasteiger partial charge on any atom is 0.317 e. The third-order valence-electron chi connectivity index (χ3n) is 7.18. The van der Waals surface area contributed by atoms with Crippen LogP contribution in [0.2, 0.25) is 0 Å². The number of ether oxygens (including phenoxy) is 2. The maximum atomic E-state index is 13.1. The largest absolute Gasteiger partial charge is 0.493 e. The van der Waals surface area contributed by atoms with Gasteiger partial charge >= 0.3 is 6.03 Å². The number of rotatable bonds is 2. The Morgan fingerprint density at radius 3 is 2.93 bits per heavy atom. The van der Waals surface area contributed by atoms with Crippen LogP contribution >= 0.6 is 0 Å². The van der Waals surface area contributed by atoms with Crippen LogP contribution in [0.25, 0.3) is 0 Å². The number of aliphatic hydroxyl groups excluding tert-OH is 1. The lowest BCUT2D eigenvalue weighted by molar-refractivity contribution is 0.0819. The Kier molecular flexibility index (Phi) is 4.69. The number of benzene rings is 1. The summed E-state index contributed by atoms with van der Waals surface area (Å²) in [7, 11) is 1.65. The molecule has 2 N–H and O–H groups in total. The molecule has 0 bridgehead atoms. The first-order valence-corrected chi connectivity index (χ1v) is 10.9. The van der Waals surface area contributed by atoms with Crippen LogP contribution in [0.15, 0.2) is 24.3 Å². The molecule has 2 heterocycles. The fourth-order valence-electron chi connectivity index (χ4n) is 5.62. The Hall–Kier alpha value is -2.21. The predicted molar refractivity (Wildman–Crippen MR) is 109 cm³/mol. The Morgan fingerprint density at radius 1 is 1.31 bits per heavy atom. The molecular formula is C23H30N2O4. The molecule has 1 aromatic carbocycles. The van der Waals surface area contributed by atoms with Crippen molar-refractivity contribution in [1.29, 1.82) is 0 Å². The minimum Gasteiger partial charge on any atom is -0.493 e. The summed E-state index contributed by atoms with van der Waals surface area (Å²) in [6, 6.07) is 4.33. The zero-order valence-electron chi connectivity index (χ0n) is 17.0. The molecule has 5 rings (SSSR count). The van der Waals surface area contributed by atoms with Crippen LogP contribution in [-0.4, -0.2) is 47.9 Å². The van der Waals surface area contributed by atoms with Crippen LogP contribution in [0, 0.1) is 0 Å². The first kappa shape index (κ1) is 18.8. The third-order valence-corrected chi connectivity index (χ3v) is 7.18. The molecular weight excluding hydrogens is 368 g/mol. The van der Waals surface area contributed by atoms with Crippen LogP contribution in [0.1, 0.15) is 56.1 Å². The van der Waals surface area contributed by atoms with E-state index in [1.54, 1.807) is 7.11 Å². The average molecular weight is 399 g/mol. The first-order valence-electron chi connectivity index (χ1n) is 10.9. The Bertz CT molecular complexity index is 832. The number of carbonyl (C=O) groups is 1. The van der Waals surface area contributed by atoms with Crippen molar-refractivity contribution in [3.63, 3.8) is 0 Å². The van der Waals surface area contributed by atoms with E-state index < -0.39 is 6.10 Å². The molecule has 2 aliphatic carbocycles. The van der Waals surface area contributed by atoms with E-state index in [4.69, 9.17) is 9.47 Å². The Labute approximate surface area is 171 Å². The van der Waals surface area contributed by atoms with Gasteiger partial charge in [-0.2, -0.15) is 0 Å². The standard InChI is InChI=1S/C23H30N2O4/c1-28-18-8-7-15-14-25(22(27)24-16-5-3-2-4-6-16)12-11-23-10-9-17(26)13-19(23)29-21(18)20(15)23/h7-10,16-17,19,26H,2-6,11-14H2,1H3,(H,24,27)/t17-,19-,23?/m1/s1. The number of hydrogen-bond acceptors (Lipinski definition) is 4. The minimum absolute atomic E-state index is 0.0372. The number of nitrogens with zero attached hydrogens (tertiary/aromatic N) is 1. The molecule has 1 unspecified atom stereocenters. The Balaban J connectivity index is 1.47. The van der Waals surface area contributed by atoms with Crippen molar-refractivity contribution < 1.29 is 19.4 Å². The fraction of sp³-hybridized carbons (Fsp3) is 0.609. The molecule has 0 saturated heterocycles. The molecule has 2 aliphatic heterocycles. The lowest BCUT2D eigenvalue weighted by Crippen LogP contribution is -2.47. The van der Waals surface area contributed by atoms with Gasteiger partial charge < -0.3 is 24.8 Å². The number of methoxy groups -OCH3 is 1. The van der Waals surface area contributed by atoms with E-state index in [9.17, 15) is 9.90 Å². The SMILES string of the molecule is COc1ccc2c3c1O[C@@H]1C[C@H](O)C=CC31CCN(C(=O)NC1CCCCC1)C2. The average Bonchev–Trinajstić information content (AvgIpc) is 2.96. The third kappa shape index (κ3) is 3.08. The van der Waals surface area contributed by atoms with Crippen molar-refractivity contribution in [2.45, 2.75) is 75.2 Å². The van der Waals surface area contributed by atoms with Gasteiger partial charge in [0, 0.05) is 31.1 Å². The topological polar surface area (TPSA) is 71.0 Å². The molecule has 0 radical (unpaired) electrons. The molecule has 1 spiro atoms. The zero-order chi connectivity index (χ0) is 20.0. The van der Waals surface area contributed by atoms with Crippen molar-refractivity contribution >= 4 is 6.03 Å². The van der Waals surface area contributed by atoms with Gasteiger partial charge in [-0.05, 0) is 30.9 Å². The molecule has 3 atom stereocenters. The molecule has 29 heavy (non-hydrogen) atoms. The summed E-state index contributed by atoms with van der Waals surface area (Å²) in [6.07, 6.45) is 10.6. The highest BCUT2D eigenvalue weighted by Gasteiger charge is 2.53. The van der Waals surface area contributed by atoms with Gasteiger partial charge in [-0.3, -0.25) is 0 Å². The van der Waals surface area contributed by atoms with Gasteiger partial charge in [0.15, 0.2) is 11.5 Å². The van der Waals surface area contributed by atoms with Crippen molar-refractivity contribution in [1.82, 2.24) is 10.2 Å². The molecule has 6 nitrogen and oxygen atoms in total. The number of urea groups is 1. The smallest absolute Gasteiger partial charge is 0.317 e. The van der Waals surface area contributed by atoms with Crippen molar-refractivity contribution in [3.8, 4) is 11.5 Å². The summed E-state index contributed by atoms with van der Waals surface area (Å²) in [5.74, 6) is 1.50. The summed E-state index contributed by atoms with van der Waals surface area (Å²) < 4.78 is 11.9. The number of amides is 2. The number of nitrogens with one attached hydrogen (secondary N) is 1. The molecule has 1 aromatic rings. The summed E-state index contributed by atoms with van der Waals surface area (Å²) >= 11 is 0. The van der Waals surface area contributed by atoms with Gasteiger partial charge in [0.05, 0.1) is 18.6 Å². The van der Waals surface area contributed by atoms with Crippen molar-refractivity contribution in [2.24, 2.45) is 0 Å². The van der Waals surface area contributed by atoms with E-state index in [0.29, 0.717) is 25.6 Å². The summed E-state index contributed by atoms with van der Waals surface area (Å²) in [4.78, 5) is 15.0. The summed E-state index contributed by atoms with van der Waals surface area (Å²) in [5.41, 5.74) is 1.94. The number of carbonyl (C=O) groups excluding carboxylic acids is 1. The normalized spacial score (nSPS) is 30.8. The molecule has 2 amide bonds. The van der Waals surface area contributed by atoms with E-state index in [0.717, 1.165) is 41.9 Å². The quantitative estimate of drug-likeness (QED) is 0.750. The van der Waals surface area contributed by atoms with Gasteiger partial charge in [0.25, 0.3) is 0 Å².